The predicted molar refractivity (Wildman–Crippen MR) is 105 cm³/mol. The maximum atomic E-state index is 12.5. The molecule has 0 spiro atoms. The van der Waals surface area contributed by atoms with Gasteiger partial charge in [-0.25, -0.2) is 4.98 Å². The van der Waals surface area contributed by atoms with Gasteiger partial charge in [-0.15, -0.1) is 0 Å². The third-order valence-electron chi connectivity index (χ3n) is 4.62. The lowest BCUT2D eigenvalue weighted by molar-refractivity contribution is 0.102. The van der Waals surface area contributed by atoms with Crippen LogP contribution in [0.3, 0.4) is 0 Å². The van der Waals surface area contributed by atoms with E-state index in [1.165, 1.54) is 0 Å². The van der Waals surface area contributed by atoms with Crippen LogP contribution >= 0.6 is 15.9 Å². The van der Waals surface area contributed by atoms with Crippen molar-refractivity contribution in [3.05, 3.63) is 47.0 Å². The number of halogens is 1. The van der Waals surface area contributed by atoms with E-state index in [1.54, 1.807) is 36.9 Å². The fourth-order valence-electron chi connectivity index (χ4n) is 3.33. The highest BCUT2D eigenvalue weighted by Gasteiger charge is 2.32. The van der Waals surface area contributed by atoms with Crippen molar-refractivity contribution < 1.29 is 4.79 Å². The van der Waals surface area contributed by atoms with Gasteiger partial charge in [0.1, 0.15) is 5.65 Å². The molecule has 1 amide bonds. The number of nitrogens with two attached hydrogens (primary N) is 1. The number of rotatable bonds is 3. The molecule has 26 heavy (non-hydrogen) atoms. The van der Waals surface area contributed by atoms with Crippen LogP contribution in [-0.2, 0) is 0 Å². The Morgan fingerprint density at radius 2 is 2.31 bits per heavy atom. The fourth-order valence-corrected chi connectivity index (χ4v) is 3.88. The maximum Gasteiger partial charge on any atom is 0.257 e. The molecule has 1 atom stereocenters. The second-order valence-corrected chi connectivity index (χ2v) is 7.76. The van der Waals surface area contributed by atoms with Crippen LogP contribution < -0.4 is 16.0 Å². The molecule has 1 aliphatic rings. The molecule has 3 aromatic rings. The number of amides is 1. The average molecular weight is 415 g/mol. The molecule has 1 unspecified atom stereocenters. The molecule has 3 aromatic heterocycles. The molecule has 4 N–H and O–H groups in total. The summed E-state index contributed by atoms with van der Waals surface area (Å²) in [6.45, 7) is 3.65. The molecule has 0 radical (unpaired) electrons. The zero-order chi connectivity index (χ0) is 18.3. The van der Waals surface area contributed by atoms with E-state index in [-0.39, 0.29) is 11.4 Å². The van der Waals surface area contributed by atoms with Gasteiger partial charge in [0.05, 0.1) is 26.8 Å². The molecule has 4 rings (SSSR count). The number of hydrogen-bond acceptors (Lipinski definition) is 5. The minimum absolute atomic E-state index is 0.213. The largest absolute Gasteiger partial charge is 0.368 e. The highest BCUT2D eigenvalue weighted by Crippen LogP contribution is 2.40. The molecule has 7 nitrogen and oxygen atoms in total. The summed E-state index contributed by atoms with van der Waals surface area (Å²) in [5, 5.41) is 3.83. The van der Waals surface area contributed by atoms with Crippen LogP contribution in [0.2, 0.25) is 0 Å². The monoisotopic (exact) mass is 414 g/mol. The molecule has 0 saturated carbocycles. The van der Waals surface area contributed by atoms with E-state index < -0.39 is 0 Å². The Bertz CT molecular complexity index is 968. The van der Waals surface area contributed by atoms with Gasteiger partial charge in [-0.3, -0.25) is 9.78 Å². The van der Waals surface area contributed by atoms with Crippen LogP contribution in [0.1, 0.15) is 23.7 Å². The maximum absolute atomic E-state index is 12.5. The third-order valence-corrected chi connectivity index (χ3v) is 5.20. The number of H-pyrrole nitrogens is 1. The fraction of sp³-hybridized carbons (Fsp3) is 0.278. The van der Waals surface area contributed by atoms with Crippen molar-refractivity contribution in [1.29, 1.82) is 0 Å². The van der Waals surface area contributed by atoms with Crippen LogP contribution in [0, 0.1) is 0 Å². The molecular weight excluding hydrogens is 396 g/mol. The zero-order valence-electron chi connectivity index (χ0n) is 14.3. The first kappa shape index (κ1) is 17.0. The number of nitrogens with zero attached hydrogens (tertiary/aromatic N) is 3. The zero-order valence-corrected chi connectivity index (χ0v) is 15.9. The van der Waals surface area contributed by atoms with E-state index >= 15 is 0 Å². The van der Waals surface area contributed by atoms with Crippen LogP contribution in [0.15, 0.2) is 41.4 Å². The minimum atomic E-state index is -0.232. The standard InChI is InChI=1S/C18H19BrN6O/c1-18(20)4-6-25(10-18)15-12(19)8-22-16-14(15)13(9-23-16)24-17(26)11-3-2-5-21-7-11/h2-3,5,7-9H,4,6,10,20H2,1H3,(H,22,23)(H,24,26). The summed E-state index contributed by atoms with van der Waals surface area (Å²) in [6.07, 6.45) is 7.62. The summed E-state index contributed by atoms with van der Waals surface area (Å²) in [4.78, 5) is 26.3. The Balaban J connectivity index is 1.75. The summed E-state index contributed by atoms with van der Waals surface area (Å²) in [6, 6.07) is 3.46. The molecule has 0 bridgehead atoms. The second kappa shape index (κ2) is 6.37. The van der Waals surface area contributed by atoms with Gasteiger partial charge < -0.3 is 20.9 Å². The molecule has 8 heteroatoms. The summed E-state index contributed by atoms with van der Waals surface area (Å²) < 4.78 is 0.874. The van der Waals surface area contributed by atoms with E-state index in [2.05, 4.69) is 48.0 Å². The Morgan fingerprint density at radius 3 is 3.00 bits per heavy atom. The second-order valence-electron chi connectivity index (χ2n) is 6.90. The molecule has 134 valence electrons. The van der Waals surface area contributed by atoms with E-state index in [4.69, 9.17) is 5.73 Å². The number of nitrogens with one attached hydrogen (secondary N) is 2. The van der Waals surface area contributed by atoms with E-state index in [9.17, 15) is 4.79 Å². The number of carbonyl (C=O) groups is 1. The number of aromatic amines is 1. The van der Waals surface area contributed by atoms with Crippen molar-refractivity contribution in [2.75, 3.05) is 23.3 Å². The summed E-state index contributed by atoms with van der Waals surface area (Å²) in [5.74, 6) is -0.213. The molecule has 1 fully saturated rings. The van der Waals surface area contributed by atoms with Crippen molar-refractivity contribution >= 4 is 44.2 Å². The van der Waals surface area contributed by atoms with Gasteiger partial charge in [-0.1, -0.05) is 0 Å². The Morgan fingerprint density at radius 1 is 1.46 bits per heavy atom. The van der Waals surface area contributed by atoms with Crippen LogP contribution in [-0.4, -0.2) is 39.5 Å². The van der Waals surface area contributed by atoms with Gasteiger partial charge in [-0.05, 0) is 41.4 Å². The Kier molecular flexibility index (Phi) is 4.16. The molecule has 0 aliphatic carbocycles. The topological polar surface area (TPSA) is 99.9 Å². The van der Waals surface area contributed by atoms with Crippen molar-refractivity contribution in [1.82, 2.24) is 15.0 Å². The van der Waals surface area contributed by atoms with E-state index in [0.717, 1.165) is 40.7 Å². The van der Waals surface area contributed by atoms with Gasteiger partial charge in [0.2, 0.25) is 0 Å². The lowest BCUT2D eigenvalue weighted by Gasteiger charge is -2.23. The van der Waals surface area contributed by atoms with E-state index in [1.807, 2.05) is 0 Å². The molecule has 1 aliphatic heterocycles. The van der Waals surface area contributed by atoms with Gasteiger partial charge in [0, 0.05) is 43.4 Å². The summed E-state index contributed by atoms with van der Waals surface area (Å²) in [7, 11) is 0. The first-order valence-corrected chi connectivity index (χ1v) is 9.15. The Labute approximate surface area is 159 Å². The summed E-state index contributed by atoms with van der Waals surface area (Å²) >= 11 is 3.61. The molecular formula is C18H19BrN6O. The van der Waals surface area contributed by atoms with Gasteiger partial charge >= 0.3 is 0 Å². The van der Waals surface area contributed by atoms with Gasteiger partial charge in [-0.2, -0.15) is 0 Å². The smallest absolute Gasteiger partial charge is 0.257 e. The van der Waals surface area contributed by atoms with E-state index in [0.29, 0.717) is 11.3 Å². The number of hydrogen-bond donors (Lipinski definition) is 3. The SMILES string of the molecule is CC1(N)CCN(c2c(Br)cnc3[nH]cc(NC(=O)c4cccnc4)c23)C1. The first-order chi connectivity index (χ1) is 12.4. The van der Waals surface area contributed by atoms with Gasteiger partial charge in [0.15, 0.2) is 0 Å². The first-order valence-electron chi connectivity index (χ1n) is 8.35. The van der Waals surface area contributed by atoms with Crippen LogP contribution in [0.4, 0.5) is 11.4 Å². The number of fused-ring (bicyclic) bond motifs is 1. The number of pyridine rings is 2. The van der Waals surface area contributed by atoms with Gasteiger partial charge in [0.25, 0.3) is 5.91 Å². The van der Waals surface area contributed by atoms with Crippen molar-refractivity contribution in [3.8, 4) is 0 Å². The number of anilines is 2. The minimum Gasteiger partial charge on any atom is -0.368 e. The lowest BCUT2D eigenvalue weighted by atomic mass is 10.0. The third kappa shape index (κ3) is 3.06. The van der Waals surface area contributed by atoms with Crippen LogP contribution in [0.25, 0.3) is 11.0 Å². The highest BCUT2D eigenvalue weighted by atomic mass is 79.9. The lowest BCUT2D eigenvalue weighted by Crippen LogP contribution is -2.39. The normalized spacial score (nSPS) is 19.9. The number of aromatic nitrogens is 3. The average Bonchev–Trinajstić information content (AvgIpc) is 3.19. The number of carbonyl (C=O) groups excluding carboxylic acids is 1. The van der Waals surface area contributed by atoms with Crippen molar-refractivity contribution in [2.24, 2.45) is 5.73 Å². The molecule has 1 saturated heterocycles. The Hall–Kier alpha value is -2.45. The predicted octanol–water partition coefficient (Wildman–Crippen LogP) is 2.90. The molecule has 0 aromatic carbocycles. The van der Waals surface area contributed by atoms with Crippen molar-refractivity contribution in [3.63, 3.8) is 0 Å². The van der Waals surface area contributed by atoms with Crippen LogP contribution in [0.5, 0.6) is 0 Å². The quantitative estimate of drug-likeness (QED) is 0.611. The van der Waals surface area contributed by atoms with Crippen molar-refractivity contribution in [2.45, 2.75) is 18.9 Å². The summed E-state index contributed by atoms with van der Waals surface area (Å²) in [5.41, 5.74) is 8.98. The highest BCUT2D eigenvalue weighted by molar-refractivity contribution is 9.10. The molecule has 4 heterocycles.